The van der Waals surface area contributed by atoms with E-state index in [1.807, 2.05) is 0 Å². The van der Waals surface area contributed by atoms with Crippen LogP contribution in [0.25, 0.3) is 0 Å². The van der Waals surface area contributed by atoms with E-state index in [-0.39, 0.29) is 25.0 Å². The number of nitrogens with one attached hydrogen (secondary N) is 3. The number of imide groups is 1. The molecule has 3 rings (SSSR count). The molecule has 15 heteroatoms. The minimum absolute atomic E-state index is 0.0179. The first-order valence-electron chi connectivity index (χ1n) is 13.0. The summed E-state index contributed by atoms with van der Waals surface area (Å²) < 4.78 is 11.0. The van der Waals surface area contributed by atoms with Gasteiger partial charge in [0.1, 0.15) is 23.9 Å². The fourth-order valence-corrected chi connectivity index (χ4v) is 4.08. The monoisotopic (exact) mass is 636 g/mol. The van der Waals surface area contributed by atoms with E-state index in [0.29, 0.717) is 26.4 Å². The van der Waals surface area contributed by atoms with Crippen LogP contribution in [-0.4, -0.2) is 65.5 Å². The molecule has 3 N–H and O–H groups in total. The summed E-state index contributed by atoms with van der Waals surface area (Å²) in [5, 5.41) is 8.11. The lowest BCUT2D eigenvalue weighted by Crippen LogP contribution is -2.51. The van der Waals surface area contributed by atoms with Crippen molar-refractivity contribution in [1.29, 1.82) is 0 Å². The quantitative estimate of drug-likeness (QED) is 0.314. The number of carbonyl (C=O) groups is 6. The number of rotatable bonds is 11. The molecule has 13 nitrogen and oxygen atoms in total. The van der Waals surface area contributed by atoms with Crippen molar-refractivity contribution < 1.29 is 43.1 Å². The Kier molecular flexibility index (Phi) is 11.3. The molecule has 0 unspecified atom stereocenters. The van der Waals surface area contributed by atoms with Gasteiger partial charge in [0.2, 0.25) is 11.8 Å². The number of para-hydroxylation sites is 1. The molecule has 0 aliphatic carbocycles. The Morgan fingerprint density at radius 3 is 2.09 bits per heavy atom. The van der Waals surface area contributed by atoms with Gasteiger partial charge in [0, 0.05) is 19.3 Å². The molecule has 1 aliphatic rings. The van der Waals surface area contributed by atoms with E-state index in [4.69, 9.17) is 32.7 Å². The summed E-state index contributed by atoms with van der Waals surface area (Å²) in [5.74, 6) is -3.13. The van der Waals surface area contributed by atoms with Gasteiger partial charge in [-0.1, -0.05) is 41.4 Å². The van der Waals surface area contributed by atoms with Crippen LogP contribution in [0.1, 0.15) is 39.2 Å². The van der Waals surface area contributed by atoms with Gasteiger partial charge in [-0.25, -0.2) is 9.59 Å². The Balaban J connectivity index is 1.58. The van der Waals surface area contributed by atoms with Gasteiger partial charge >= 0.3 is 12.1 Å². The molecule has 1 heterocycles. The van der Waals surface area contributed by atoms with Gasteiger partial charge in [0.15, 0.2) is 5.75 Å². The summed E-state index contributed by atoms with van der Waals surface area (Å²) in [6.07, 6.45) is -0.972. The Bertz CT molecular complexity index is 1360. The molecule has 0 bridgehead atoms. The molecule has 1 aliphatic heterocycles. The SMILES string of the molecule is CC(C)(C)OC(=O)N[C@@H](Cc1ccc(Oc2c(Cl)cccc2Cl)cc1)C(=O)NCC(=O)NCC(=O)ON1C(=O)CCC1=O. The van der Waals surface area contributed by atoms with E-state index >= 15 is 0 Å². The first-order chi connectivity index (χ1) is 20.2. The van der Waals surface area contributed by atoms with Crippen LogP contribution in [0.5, 0.6) is 11.5 Å². The fraction of sp³-hybridized carbons (Fsp3) is 0.357. The van der Waals surface area contributed by atoms with Crippen LogP contribution in [0.15, 0.2) is 42.5 Å². The average Bonchev–Trinajstić information content (AvgIpc) is 3.24. The number of carbonyl (C=O) groups excluding carboxylic acids is 6. The van der Waals surface area contributed by atoms with Crippen LogP contribution in [0.3, 0.4) is 0 Å². The summed E-state index contributed by atoms with van der Waals surface area (Å²) in [4.78, 5) is 77.3. The number of hydroxylamine groups is 2. The van der Waals surface area contributed by atoms with Crippen molar-refractivity contribution in [1.82, 2.24) is 21.0 Å². The molecule has 230 valence electrons. The highest BCUT2D eigenvalue weighted by molar-refractivity contribution is 6.37. The highest BCUT2D eigenvalue weighted by atomic mass is 35.5. The van der Waals surface area contributed by atoms with Crippen molar-refractivity contribution in [3.63, 3.8) is 0 Å². The van der Waals surface area contributed by atoms with Gasteiger partial charge in [-0.2, -0.15) is 0 Å². The average molecular weight is 637 g/mol. The van der Waals surface area contributed by atoms with E-state index in [9.17, 15) is 28.8 Å². The van der Waals surface area contributed by atoms with Gasteiger partial charge in [0.25, 0.3) is 11.8 Å². The minimum atomic E-state index is -1.15. The maximum absolute atomic E-state index is 13.0. The number of amides is 5. The molecule has 2 aromatic carbocycles. The summed E-state index contributed by atoms with van der Waals surface area (Å²) in [6.45, 7) is 3.79. The number of ether oxygens (including phenoxy) is 2. The van der Waals surface area contributed by atoms with Crippen LogP contribution < -0.4 is 20.7 Å². The van der Waals surface area contributed by atoms with Crippen molar-refractivity contribution in [2.75, 3.05) is 13.1 Å². The summed E-state index contributed by atoms with van der Waals surface area (Å²) in [7, 11) is 0. The van der Waals surface area contributed by atoms with Crippen molar-refractivity contribution in [3.05, 3.63) is 58.1 Å². The number of benzene rings is 2. The molecule has 1 fully saturated rings. The fourth-order valence-electron chi connectivity index (χ4n) is 3.60. The van der Waals surface area contributed by atoms with Crippen molar-refractivity contribution in [2.45, 2.75) is 51.7 Å². The van der Waals surface area contributed by atoms with E-state index in [1.54, 1.807) is 63.2 Å². The lowest BCUT2D eigenvalue weighted by molar-refractivity contribution is -0.196. The summed E-state index contributed by atoms with van der Waals surface area (Å²) in [5.41, 5.74) is -0.199. The summed E-state index contributed by atoms with van der Waals surface area (Å²) in [6, 6.07) is 10.4. The second-order valence-corrected chi connectivity index (χ2v) is 11.1. The summed E-state index contributed by atoms with van der Waals surface area (Å²) >= 11 is 12.3. The number of nitrogens with zero attached hydrogens (tertiary/aromatic N) is 1. The number of halogens is 2. The Morgan fingerprint density at radius 2 is 1.51 bits per heavy atom. The standard InChI is InChI=1S/C28H30Cl2N4O9/c1-28(2,3)42-27(40)33-20(13-16-7-9-17(10-8-16)41-25-18(29)5-4-6-19(25)30)26(39)32-14-21(35)31-15-24(38)43-34-22(36)11-12-23(34)37/h4-10,20H,11-15H2,1-3H3,(H,31,35)(H,32,39)(H,33,40)/t20-/m0/s1. The molecule has 1 saturated heterocycles. The molecule has 0 saturated carbocycles. The molecular weight excluding hydrogens is 607 g/mol. The molecule has 2 aromatic rings. The zero-order valence-corrected chi connectivity index (χ0v) is 25.0. The first kappa shape index (κ1) is 33.1. The Hall–Kier alpha value is -4.36. The van der Waals surface area contributed by atoms with Gasteiger partial charge in [-0.15, -0.1) is 5.06 Å². The molecule has 43 heavy (non-hydrogen) atoms. The highest BCUT2D eigenvalue weighted by Gasteiger charge is 2.33. The zero-order chi connectivity index (χ0) is 31.7. The van der Waals surface area contributed by atoms with Crippen molar-refractivity contribution in [3.8, 4) is 11.5 Å². The van der Waals surface area contributed by atoms with Crippen molar-refractivity contribution >= 4 is 58.9 Å². The van der Waals surface area contributed by atoms with E-state index in [1.165, 1.54) is 0 Å². The third kappa shape index (κ3) is 10.5. The predicted molar refractivity (Wildman–Crippen MR) is 153 cm³/mol. The molecule has 0 spiro atoms. The van der Waals surface area contributed by atoms with Crippen LogP contribution in [0, 0.1) is 0 Å². The van der Waals surface area contributed by atoms with Crippen LogP contribution in [0.2, 0.25) is 10.0 Å². The number of hydrogen-bond acceptors (Lipinski definition) is 9. The first-order valence-corrected chi connectivity index (χ1v) is 13.8. The number of hydrogen-bond donors (Lipinski definition) is 3. The third-order valence-corrected chi connectivity index (χ3v) is 6.16. The largest absolute Gasteiger partial charge is 0.454 e. The van der Waals surface area contributed by atoms with Gasteiger partial charge < -0.3 is 30.3 Å². The Morgan fingerprint density at radius 1 is 0.907 bits per heavy atom. The molecule has 5 amide bonds. The van der Waals surface area contributed by atoms with Gasteiger partial charge in [0.05, 0.1) is 16.6 Å². The normalized spacial score (nSPS) is 13.7. The van der Waals surface area contributed by atoms with E-state index in [0.717, 1.165) is 0 Å². The van der Waals surface area contributed by atoms with Crippen LogP contribution in [-0.2, 0) is 40.0 Å². The predicted octanol–water partition coefficient (Wildman–Crippen LogP) is 3.06. The smallest absolute Gasteiger partial charge is 0.408 e. The van der Waals surface area contributed by atoms with Crippen LogP contribution >= 0.6 is 23.2 Å². The topological polar surface area (TPSA) is 169 Å². The van der Waals surface area contributed by atoms with E-state index < -0.39 is 60.4 Å². The second-order valence-electron chi connectivity index (χ2n) is 10.2. The highest BCUT2D eigenvalue weighted by Crippen LogP contribution is 2.36. The third-order valence-electron chi connectivity index (χ3n) is 5.56. The van der Waals surface area contributed by atoms with Gasteiger partial charge in [-0.05, 0) is 50.6 Å². The van der Waals surface area contributed by atoms with Crippen LogP contribution in [0.4, 0.5) is 4.79 Å². The lowest BCUT2D eigenvalue weighted by Gasteiger charge is -2.23. The maximum atomic E-state index is 13.0. The molecule has 1 atom stereocenters. The minimum Gasteiger partial charge on any atom is -0.454 e. The molecule has 0 aromatic heterocycles. The molecular formula is C28H30Cl2N4O9. The zero-order valence-electron chi connectivity index (χ0n) is 23.5. The van der Waals surface area contributed by atoms with Crippen molar-refractivity contribution in [2.24, 2.45) is 0 Å². The number of alkyl carbamates (subject to hydrolysis) is 1. The van der Waals surface area contributed by atoms with Gasteiger partial charge in [-0.3, -0.25) is 19.2 Å². The maximum Gasteiger partial charge on any atom is 0.408 e. The Labute approximate surface area is 257 Å². The second kappa shape index (κ2) is 14.7. The lowest BCUT2D eigenvalue weighted by atomic mass is 10.1. The molecule has 0 radical (unpaired) electrons. The van der Waals surface area contributed by atoms with E-state index in [2.05, 4.69) is 20.8 Å².